The van der Waals surface area contributed by atoms with Crippen LogP contribution in [0.3, 0.4) is 0 Å². The molecule has 0 bridgehead atoms. The lowest BCUT2D eigenvalue weighted by Crippen LogP contribution is -2.58. The zero-order valence-electron chi connectivity index (χ0n) is 30.9. The topological polar surface area (TPSA) is 313 Å². The number of rotatable bonds is 20. The number of nitrogens with one attached hydrogen (secondary N) is 7. The van der Waals surface area contributed by atoms with E-state index in [4.69, 9.17) is 11.5 Å². The first kappa shape index (κ1) is 45.2. The Kier molecular flexibility index (Phi) is 18.7. The standard InChI is InChI=1S/C32H56N10O10/c1-15(35-24(43)16(2)36-26(45)18(4)38-28(47)20(6)40-30(49)22(34)11-8-9-13-33)25(44)37-17(3)27(46)39-19(5)29(48)41-21(7)31(50)42-14-10-12-23(42)32(51)52/h15-23H,8-14,33-34H2,1-7H3,(H,35,43)(H,36,45)(H,37,44)(H,38,47)(H,39,46)(H,40,49)(H,41,48)(H,51,52)/t15-,16-,17-,18-,19-,20-,21-,22-,23-/m0/s1. The number of hydrogen-bond acceptors (Lipinski definition) is 11. The SMILES string of the molecule is C[C@H](NC(=O)[C@H](C)NC(=O)[C@H](C)NC(=O)[C@H](C)NC(=O)[C@@H](N)CCCCN)C(=O)N[C@@H](C)C(=O)N[C@@H](C)C(=O)N[C@@H](C)C(=O)N1CCC[C@H]1C(=O)O. The van der Waals surface area contributed by atoms with Gasteiger partial charge in [-0.05, 0) is 80.7 Å². The summed E-state index contributed by atoms with van der Waals surface area (Å²) in [5.74, 6) is -6.53. The predicted molar refractivity (Wildman–Crippen MR) is 186 cm³/mol. The van der Waals surface area contributed by atoms with Crippen molar-refractivity contribution >= 4 is 53.2 Å². The number of carboxylic acids is 1. The first-order valence-electron chi connectivity index (χ1n) is 17.3. The van der Waals surface area contributed by atoms with E-state index in [0.717, 1.165) is 0 Å². The molecule has 0 radical (unpaired) electrons. The number of aliphatic carboxylic acids is 1. The Morgan fingerprint density at radius 1 is 0.577 bits per heavy atom. The largest absolute Gasteiger partial charge is 0.480 e. The quantitative estimate of drug-likeness (QED) is 0.0535. The number of carbonyl (C=O) groups excluding carboxylic acids is 8. The Bertz CT molecular complexity index is 1330. The summed E-state index contributed by atoms with van der Waals surface area (Å²) in [6.45, 7) is 10.3. The second-order valence-corrected chi connectivity index (χ2v) is 13.0. The third-order valence-electron chi connectivity index (χ3n) is 8.37. The van der Waals surface area contributed by atoms with Crippen molar-refractivity contribution in [3.63, 3.8) is 0 Å². The van der Waals surface area contributed by atoms with E-state index in [9.17, 15) is 48.3 Å². The maximum atomic E-state index is 12.7. The number of unbranched alkanes of at least 4 members (excludes halogenated alkanes) is 1. The third-order valence-corrected chi connectivity index (χ3v) is 8.37. The molecule has 1 heterocycles. The summed E-state index contributed by atoms with van der Waals surface area (Å²) >= 11 is 0. The van der Waals surface area contributed by atoms with E-state index in [1.54, 1.807) is 0 Å². The van der Waals surface area contributed by atoms with Crippen LogP contribution in [0.2, 0.25) is 0 Å². The second kappa shape index (κ2) is 21.5. The van der Waals surface area contributed by atoms with Gasteiger partial charge < -0.3 is 58.7 Å². The molecule has 1 aliphatic heterocycles. The molecule has 8 amide bonds. The molecule has 52 heavy (non-hydrogen) atoms. The summed E-state index contributed by atoms with van der Waals surface area (Å²) < 4.78 is 0. The molecule has 294 valence electrons. The number of hydrogen-bond donors (Lipinski definition) is 10. The van der Waals surface area contributed by atoms with Crippen LogP contribution in [0.15, 0.2) is 0 Å². The Hall–Kier alpha value is -4.85. The highest BCUT2D eigenvalue weighted by molar-refractivity contribution is 5.97. The van der Waals surface area contributed by atoms with Gasteiger partial charge in [-0.3, -0.25) is 38.4 Å². The fourth-order valence-corrected chi connectivity index (χ4v) is 4.98. The zero-order chi connectivity index (χ0) is 39.9. The monoisotopic (exact) mass is 740 g/mol. The lowest BCUT2D eigenvalue weighted by atomic mass is 10.1. The van der Waals surface area contributed by atoms with E-state index in [0.29, 0.717) is 38.6 Å². The molecule has 9 atom stereocenters. The maximum Gasteiger partial charge on any atom is 0.326 e. The Labute approximate surface area is 303 Å². The van der Waals surface area contributed by atoms with Gasteiger partial charge in [0.1, 0.15) is 48.3 Å². The third kappa shape index (κ3) is 14.4. The van der Waals surface area contributed by atoms with E-state index < -0.39 is 108 Å². The molecule has 0 unspecified atom stereocenters. The van der Waals surface area contributed by atoms with Gasteiger partial charge in [-0.1, -0.05) is 6.42 Å². The molecule has 0 spiro atoms. The van der Waals surface area contributed by atoms with Gasteiger partial charge in [-0.25, -0.2) is 4.79 Å². The van der Waals surface area contributed by atoms with Crippen molar-refractivity contribution in [3.05, 3.63) is 0 Å². The van der Waals surface area contributed by atoms with Crippen LogP contribution in [0.5, 0.6) is 0 Å². The van der Waals surface area contributed by atoms with Crippen LogP contribution in [0.4, 0.5) is 0 Å². The number of likely N-dealkylation sites (tertiary alicyclic amines) is 1. The first-order chi connectivity index (χ1) is 24.2. The van der Waals surface area contributed by atoms with E-state index in [1.807, 2.05) is 0 Å². The van der Waals surface area contributed by atoms with Gasteiger partial charge in [-0.15, -0.1) is 0 Å². The Balaban J connectivity index is 2.53. The van der Waals surface area contributed by atoms with Crippen LogP contribution in [0.25, 0.3) is 0 Å². The summed E-state index contributed by atoms with van der Waals surface area (Å²) in [4.78, 5) is 113. The van der Waals surface area contributed by atoms with Gasteiger partial charge in [0.25, 0.3) is 0 Å². The number of nitrogens with two attached hydrogens (primary N) is 2. The van der Waals surface area contributed by atoms with Gasteiger partial charge >= 0.3 is 5.97 Å². The molecule has 0 aromatic carbocycles. The van der Waals surface area contributed by atoms with Gasteiger partial charge in [0.2, 0.25) is 47.3 Å². The van der Waals surface area contributed by atoms with Crippen LogP contribution in [0.1, 0.15) is 80.6 Å². The number of amides is 8. The van der Waals surface area contributed by atoms with Gasteiger partial charge in [0.05, 0.1) is 6.04 Å². The minimum absolute atomic E-state index is 0.251. The molecule has 1 saturated heterocycles. The Morgan fingerprint density at radius 2 is 0.904 bits per heavy atom. The molecule has 0 saturated carbocycles. The average Bonchev–Trinajstić information content (AvgIpc) is 3.58. The number of nitrogens with zero attached hydrogens (tertiary/aromatic N) is 1. The summed E-state index contributed by atoms with van der Waals surface area (Å²) in [7, 11) is 0. The average molecular weight is 741 g/mol. The van der Waals surface area contributed by atoms with Crippen molar-refractivity contribution in [3.8, 4) is 0 Å². The van der Waals surface area contributed by atoms with Crippen LogP contribution in [-0.2, 0) is 43.2 Å². The predicted octanol–water partition coefficient (Wildman–Crippen LogP) is -3.95. The molecule has 1 rings (SSSR count). The Morgan fingerprint density at radius 3 is 1.23 bits per heavy atom. The maximum absolute atomic E-state index is 12.7. The molecular formula is C32H56N10O10. The minimum atomic E-state index is -1.15. The number of carboxylic acid groups (broad SMARTS) is 1. The minimum Gasteiger partial charge on any atom is -0.480 e. The van der Waals surface area contributed by atoms with Crippen LogP contribution in [-0.4, -0.2) is 131 Å². The molecule has 0 aliphatic carbocycles. The van der Waals surface area contributed by atoms with Crippen molar-refractivity contribution in [1.82, 2.24) is 42.1 Å². The molecule has 1 fully saturated rings. The van der Waals surface area contributed by atoms with Crippen LogP contribution >= 0.6 is 0 Å². The van der Waals surface area contributed by atoms with Crippen molar-refractivity contribution in [2.24, 2.45) is 11.5 Å². The zero-order valence-corrected chi connectivity index (χ0v) is 30.9. The fourth-order valence-electron chi connectivity index (χ4n) is 4.98. The molecule has 1 aliphatic rings. The molecule has 0 aromatic rings. The summed E-state index contributed by atoms with van der Waals surface area (Å²) in [5.41, 5.74) is 11.3. The highest BCUT2D eigenvalue weighted by Crippen LogP contribution is 2.18. The second-order valence-electron chi connectivity index (χ2n) is 13.0. The van der Waals surface area contributed by atoms with Gasteiger partial charge in [-0.2, -0.15) is 0 Å². The van der Waals surface area contributed by atoms with Crippen molar-refractivity contribution in [1.29, 1.82) is 0 Å². The summed E-state index contributed by atoms with van der Waals surface area (Å²) in [6, 6.07) is -9.49. The first-order valence-corrected chi connectivity index (χ1v) is 17.3. The van der Waals surface area contributed by atoms with E-state index in [2.05, 4.69) is 37.2 Å². The van der Waals surface area contributed by atoms with Crippen molar-refractivity contribution in [2.45, 2.75) is 135 Å². The smallest absolute Gasteiger partial charge is 0.326 e. The van der Waals surface area contributed by atoms with E-state index in [-0.39, 0.29) is 6.54 Å². The van der Waals surface area contributed by atoms with Crippen LogP contribution in [0, 0.1) is 0 Å². The molecule has 20 heteroatoms. The van der Waals surface area contributed by atoms with Crippen LogP contribution < -0.4 is 48.7 Å². The van der Waals surface area contributed by atoms with Gasteiger partial charge in [0.15, 0.2) is 0 Å². The summed E-state index contributed by atoms with van der Waals surface area (Å²) in [6.07, 6.45) is 2.60. The van der Waals surface area contributed by atoms with Gasteiger partial charge in [0, 0.05) is 6.54 Å². The van der Waals surface area contributed by atoms with E-state index >= 15 is 0 Å². The lowest BCUT2D eigenvalue weighted by molar-refractivity contribution is -0.149. The van der Waals surface area contributed by atoms with Crippen molar-refractivity contribution < 1.29 is 48.3 Å². The summed E-state index contributed by atoms with van der Waals surface area (Å²) in [5, 5.41) is 26.4. The highest BCUT2D eigenvalue weighted by atomic mass is 16.4. The highest BCUT2D eigenvalue weighted by Gasteiger charge is 2.37. The normalized spacial score (nSPS) is 18.5. The van der Waals surface area contributed by atoms with E-state index in [1.165, 1.54) is 53.4 Å². The molecule has 0 aromatic heterocycles. The van der Waals surface area contributed by atoms with Crippen molar-refractivity contribution in [2.75, 3.05) is 13.1 Å². The molecule has 12 N–H and O–H groups in total. The fraction of sp³-hybridized carbons (Fsp3) is 0.719. The number of carbonyl (C=O) groups is 9. The molecular weight excluding hydrogens is 684 g/mol. The molecule has 20 nitrogen and oxygen atoms in total. The lowest BCUT2D eigenvalue weighted by Gasteiger charge is -2.26.